The molecule has 0 fully saturated rings. The number of hydrogen-bond donors (Lipinski definition) is 2. The van der Waals surface area contributed by atoms with E-state index in [0.29, 0.717) is 0 Å². The lowest BCUT2D eigenvalue weighted by atomic mass is 9.93. The topological polar surface area (TPSA) is 49.3 Å². The predicted octanol–water partition coefficient (Wildman–Crippen LogP) is 4.59. The van der Waals surface area contributed by atoms with Crippen LogP contribution in [0.1, 0.15) is 48.2 Å². The highest BCUT2D eigenvalue weighted by Gasteiger charge is 2.17. The molecule has 25 heavy (non-hydrogen) atoms. The molecular weight excluding hydrogens is 463 g/mol. The second-order valence-corrected chi connectivity index (χ2v) is 8.90. The third-order valence-corrected chi connectivity index (χ3v) is 5.81. The summed E-state index contributed by atoms with van der Waals surface area (Å²) in [6, 6.07) is 4.39. The molecule has 2 heterocycles. The second-order valence-electron chi connectivity index (χ2n) is 6.70. The molecule has 7 heteroatoms. The van der Waals surface area contributed by atoms with Gasteiger partial charge in [0.25, 0.3) is 0 Å². The highest BCUT2D eigenvalue weighted by Crippen LogP contribution is 2.23. The molecule has 2 rings (SSSR count). The first-order valence-corrected chi connectivity index (χ1v) is 10.1. The molecule has 2 N–H and O–H groups in total. The molecule has 0 saturated carbocycles. The number of thiophene rings is 1. The van der Waals surface area contributed by atoms with Gasteiger partial charge in [-0.05, 0) is 18.6 Å². The van der Waals surface area contributed by atoms with Crippen LogP contribution in [0.2, 0.25) is 0 Å². The van der Waals surface area contributed by atoms with E-state index < -0.39 is 0 Å². The van der Waals surface area contributed by atoms with Crippen LogP contribution in [0.3, 0.4) is 0 Å². The highest BCUT2D eigenvalue weighted by atomic mass is 127. The first-order valence-electron chi connectivity index (χ1n) is 8.39. The Morgan fingerprint density at radius 2 is 1.92 bits per heavy atom. The van der Waals surface area contributed by atoms with Gasteiger partial charge in [0.1, 0.15) is 0 Å². The van der Waals surface area contributed by atoms with Crippen molar-refractivity contribution in [1.82, 2.24) is 15.6 Å². The standard InChI is InChI=1S/C18H28N4S2.HI/c1-6-13-7-8-14(24-13)11-21-17(19-5)20-10-9-16-22-15(12-23-16)18(2,3)4;/h7-8,12H,6,9-11H2,1-5H3,(H2,19,20,21);1H. The SMILES string of the molecule is CCc1ccc(CNC(=NC)NCCc2nc(C(C)(C)C)cs2)s1.I. The molecule has 0 unspecified atom stereocenters. The summed E-state index contributed by atoms with van der Waals surface area (Å²) in [5.41, 5.74) is 1.30. The Balaban J connectivity index is 0.00000312. The fourth-order valence-electron chi connectivity index (χ4n) is 2.16. The summed E-state index contributed by atoms with van der Waals surface area (Å²) in [6.45, 7) is 10.4. The van der Waals surface area contributed by atoms with Crippen LogP contribution in [0.5, 0.6) is 0 Å². The van der Waals surface area contributed by atoms with Crippen molar-refractivity contribution in [3.63, 3.8) is 0 Å². The Morgan fingerprint density at radius 3 is 2.48 bits per heavy atom. The molecule has 0 atom stereocenters. The smallest absolute Gasteiger partial charge is 0.191 e. The molecule has 0 amide bonds. The maximum Gasteiger partial charge on any atom is 0.191 e. The van der Waals surface area contributed by atoms with Gasteiger partial charge in [-0.3, -0.25) is 4.99 Å². The minimum atomic E-state index is 0. The molecule has 0 aliphatic carbocycles. The minimum absolute atomic E-state index is 0. The molecule has 0 aromatic carbocycles. The van der Waals surface area contributed by atoms with Crippen molar-refractivity contribution >= 4 is 52.6 Å². The number of guanidine groups is 1. The van der Waals surface area contributed by atoms with Gasteiger partial charge in [0.15, 0.2) is 5.96 Å². The summed E-state index contributed by atoms with van der Waals surface area (Å²) in [5.74, 6) is 0.842. The molecule has 0 radical (unpaired) electrons. The lowest BCUT2D eigenvalue weighted by Crippen LogP contribution is -2.37. The van der Waals surface area contributed by atoms with Crippen LogP contribution in [0.25, 0.3) is 0 Å². The van der Waals surface area contributed by atoms with E-state index in [9.17, 15) is 0 Å². The Bertz CT molecular complexity index is 671. The summed E-state index contributed by atoms with van der Waals surface area (Å²) < 4.78 is 0. The van der Waals surface area contributed by atoms with Crippen molar-refractivity contribution in [2.45, 2.75) is 52.5 Å². The summed E-state index contributed by atoms with van der Waals surface area (Å²) in [6.07, 6.45) is 2.02. The highest BCUT2D eigenvalue weighted by molar-refractivity contribution is 14.0. The normalized spacial score (nSPS) is 12.0. The van der Waals surface area contributed by atoms with Crippen molar-refractivity contribution in [2.24, 2.45) is 4.99 Å². The Kier molecular flexibility index (Phi) is 9.37. The van der Waals surface area contributed by atoms with Crippen LogP contribution in [0, 0.1) is 0 Å². The average molecular weight is 492 g/mol. The number of rotatable bonds is 6. The molecular formula is C18H29IN4S2. The van der Waals surface area contributed by atoms with E-state index in [4.69, 9.17) is 4.98 Å². The first-order chi connectivity index (χ1) is 11.4. The number of thiazole rings is 1. The van der Waals surface area contributed by atoms with Crippen molar-refractivity contribution in [3.05, 3.63) is 38.0 Å². The van der Waals surface area contributed by atoms with Crippen molar-refractivity contribution < 1.29 is 0 Å². The summed E-state index contributed by atoms with van der Waals surface area (Å²) in [5, 5.41) is 10.1. The molecule has 0 bridgehead atoms. The third kappa shape index (κ3) is 7.22. The van der Waals surface area contributed by atoms with Crippen LogP contribution in [-0.4, -0.2) is 24.5 Å². The number of halogens is 1. The molecule has 4 nitrogen and oxygen atoms in total. The molecule has 2 aromatic rings. The van der Waals surface area contributed by atoms with Crippen molar-refractivity contribution in [1.29, 1.82) is 0 Å². The van der Waals surface area contributed by atoms with Crippen molar-refractivity contribution in [3.8, 4) is 0 Å². The van der Waals surface area contributed by atoms with Gasteiger partial charge in [-0.25, -0.2) is 4.98 Å². The van der Waals surface area contributed by atoms with E-state index in [1.807, 2.05) is 18.4 Å². The number of hydrogen-bond acceptors (Lipinski definition) is 4. The second kappa shape index (κ2) is 10.5. The lowest BCUT2D eigenvalue weighted by molar-refractivity contribution is 0.570. The van der Waals surface area contributed by atoms with Crippen molar-refractivity contribution in [2.75, 3.05) is 13.6 Å². The first kappa shape index (κ1) is 22.4. The van der Waals surface area contributed by atoms with Crippen LogP contribution in [0.15, 0.2) is 22.5 Å². The van der Waals surface area contributed by atoms with Crippen LogP contribution in [-0.2, 0) is 24.8 Å². The van der Waals surface area contributed by atoms with Gasteiger partial charge in [0.2, 0.25) is 0 Å². The van der Waals surface area contributed by atoms with Gasteiger partial charge >= 0.3 is 0 Å². The number of aryl methyl sites for hydroxylation is 1. The number of nitrogens with zero attached hydrogens (tertiary/aromatic N) is 2. The number of nitrogens with one attached hydrogen (secondary N) is 2. The molecule has 0 aliphatic heterocycles. The Morgan fingerprint density at radius 1 is 1.20 bits per heavy atom. The zero-order valence-electron chi connectivity index (χ0n) is 15.7. The van der Waals surface area contributed by atoms with Crippen LogP contribution < -0.4 is 10.6 Å². The zero-order chi connectivity index (χ0) is 17.6. The third-order valence-electron chi connectivity index (χ3n) is 3.67. The summed E-state index contributed by atoms with van der Waals surface area (Å²) in [4.78, 5) is 11.8. The van der Waals surface area contributed by atoms with Crippen LogP contribution >= 0.6 is 46.7 Å². The largest absolute Gasteiger partial charge is 0.356 e. The molecule has 140 valence electrons. The lowest BCUT2D eigenvalue weighted by Gasteiger charge is -2.14. The average Bonchev–Trinajstić information content (AvgIpc) is 3.19. The molecule has 0 saturated heterocycles. The number of aliphatic imine (C=N–C) groups is 1. The maximum atomic E-state index is 4.73. The van der Waals surface area contributed by atoms with Crippen LogP contribution in [0.4, 0.5) is 0 Å². The fraction of sp³-hybridized carbons (Fsp3) is 0.556. The quantitative estimate of drug-likeness (QED) is 0.352. The van der Waals surface area contributed by atoms with Gasteiger partial charge < -0.3 is 10.6 Å². The maximum absolute atomic E-state index is 4.73. The van der Waals surface area contributed by atoms with E-state index in [1.165, 1.54) is 20.5 Å². The summed E-state index contributed by atoms with van der Waals surface area (Å²) in [7, 11) is 1.81. The van der Waals surface area contributed by atoms with Gasteiger partial charge in [0.05, 0.1) is 17.2 Å². The Hall–Kier alpha value is -0.670. The van der Waals surface area contributed by atoms with E-state index >= 15 is 0 Å². The predicted molar refractivity (Wildman–Crippen MR) is 122 cm³/mol. The van der Waals surface area contributed by atoms with E-state index in [-0.39, 0.29) is 29.4 Å². The molecule has 0 spiro atoms. The minimum Gasteiger partial charge on any atom is -0.356 e. The van der Waals surface area contributed by atoms with Gasteiger partial charge in [-0.2, -0.15) is 0 Å². The monoisotopic (exact) mass is 492 g/mol. The van der Waals surface area contributed by atoms with Gasteiger partial charge in [0, 0.05) is 40.6 Å². The summed E-state index contributed by atoms with van der Waals surface area (Å²) >= 11 is 3.60. The van der Waals surface area contributed by atoms with E-state index in [0.717, 1.165) is 31.9 Å². The van der Waals surface area contributed by atoms with Gasteiger partial charge in [-0.1, -0.05) is 27.7 Å². The number of aromatic nitrogens is 1. The van der Waals surface area contributed by atoms with Gasteiger partial charge in [-0.15, -0.1) is 46.7 Å². The molecule has 0 aliphatic rings. The van der Waals surface area contributed by atoms with E-state index in [1.54, 1.807) is 11.3 Å². The fourth-order valence-corrected chi connectivity index (χ4v) is 4.08. The molecule has 2 aromatic heterocycles. The Labute approximate surface area is 176 Å². The van der Waals surface area contributed by atoms with E-state index in [2.05, 4.69) is 60.8 Å². The zero-order valence-corrected chi connectivity index (χ0v) is 19.6.